The highest BCUT2D eigenvalue weighted by Gasteiger charge is 2.32. The molecule has 2 aromatic heterocycles. The first-order chi connectivity index (χ1) is 11.7. The smallest absolute Gasteiger partial charge is 0.244 e. The van der Waals surface area contributed by atoms with Crippen LogP contribution >= 0.6 is 11.3 Å². The van der Waals surface area contributed by atoms with E-state index in [0.717, 1.165) is 37.4 Å². The third-order valence-corrected chi connectivity index (χ3v) is 6.70. The van der Waals surface area contributed by atoms with E-state index in [1.165, 1.54) is 16.2 Å². The molecular weight excluding hydrogens is 375 g/mol. The number of halogens is 3. The SMILES string of the molecule is CC(NS(=O)(=O)c1ccc(C(F)(F)F)cn1)c1nc2c(s1)CCCC2. The van der Waals surface area contributed by atoms with Crippen LogP contribution in [0.3, 0.4) is 0 Å². The Hall–Kier alpha value is -1.52. The number of nitrogens with one attached hydrogen (secondary N) is 1. The van der Waals surface area contributed by atoms with Crippen LogP contribution in [0.25, 0.3) is 0 Å². The zero-order chi connectivity index (χ0) is 18.2. The summed E-state index contributed by atoms with van der Waals surface area (Å²) < 4.78 is 64.8. The first-order valence-electron chi connectivity index (χ1n) is 7.71. The Balaban J connectivity index is 1.77. The first-order valence-corrected chi connectivity index (χ1v) is 10.0. The number of thiazole rings is 1. The van der Waals surface area contributed by atoms with Crippen LogP contribution in [0.4, 0.5) is 13.2 Å². The molecule has 25 heavy (non-hydrogen) atoms. The van der Waals surface area contributed by atoms with E-state index in [1.807, 2.05) is 0 Å². The molecule has 1 aliphatic rings. The molecular formula is C15H16F3N3O2S2. The van der Waals surface area contributed by atoms with Gasteiger partial charge < -0.3 is 0 Å². The largest absolute Gasteiger partial charge is 0.417 e. The number of aromatic nitrogens is 2. The standard InChI is InChI=1S/C15H16F3N3O2S2/c1-9(14-20-11-4-2-3-5-12(11)24-14)21-25(22,23)13-7-6-10(8-19-13)15(16,17)18/h6-9,21H,2-5H2,1H3. The zero-order valence-electron chi connectivity index (χ0n) is 13.3. The van der Waals surface area contributed by atoms with Gasteiger partial charge in [0.05, 0.1) is 17.3 Å². The number of pyridine rings is 1. The number of hydrogen-bond donors (Lipinski definition) is 1. The summed E-state index contributed by atoms with van der Waals surface area (Å²) in [5, 5.41) is 0.205. The second-order valence-electron chi connectivity index (χ2n) is 5.85. The molecule has 2 aromatic rings. The highest BCUT2D eigenvalue weighted by molar-refractivity contribution is 7.89. The molecule has 0 saturated heterocycles. The number of alkyl halides is 3. The summed E-state index contributed by atoms with van der Waals surface area (Å²) >= 11 is 1.48. The van der Waals surface area contributed by atoms with Crippen LogP contribution in [0.2, 0.25) is 0 Å². The van der Waals surface area contributed by atoms with Gasteiger partial charge in [0.1, 0.15) is 5.01 Å². The van der Waals surface area contributed by atoms with E-state index in [4.69, 9.17) is 0 Å². The van der Waals surface area contributed by atoms with Crippen molar-refractivity contribution in [3.63, 3.8) is 0 Å². The van der Waals surface area contributed by atoms with Gasteiger partial charge in [-0.25, -0.2) is 23.1 Å². The van der Waals surface area contributed by atoms with Gasteiger partial charge in [0.15, 0.2) is 5.03 Å². The normalized spacial score (nSPS) is 16.5. The molecule has 0 bridgehead atoms. The molecule has 5 nitrogen and oxygen atoms in total. The molecule has 0 saturated carbocycles. The molecule has 0 fully saturated rings. The van der Waals surface area contributed by atoms with Gasteiger partial charge in [-0.15, -0.1) is 11.3 Å². The van der Waals surface area contributed by atoms with Crippen LogP contribution < -0.4 is 4.72 Å². The Morgan fingerprint density at radius 1 is 1.24 bits per heavy atom. The number of nitrogens with zero attached hydrogens (tertiary/aromatic N) is 2. The Kier molecular flexibility index (Phi) is 4.86. The third-order valence-electron chi connectivity index (χ3n) is 3.90. The summed E-state index contributed by atoms with van der Waals surface area (Å²) in [6.07, 6.45) is -0.0219. The van der Waals surface area contributed by atoms with Crippen molar-refractivity contribution in [3.8, 4) is 0 Å². The van der Waals surface area contributed by atoms with Crippen molar-refractivity contribution in [2.24, 2.45) is 0 Å². The summed E-state index contributed by atoms with van der Waals surface area (Å²) in [5.41, 5.74) is 0.0250. The number of aryl methyl sites for hydroxylation is 2. The average molecular weight is 391 g/mol. The lowest BCUT2D eigenvalue weighted by Gasteiger charge is -2.12. The third kappa shape index (κ3) is 4.01. The fraction of sp³-hybridized carbons (Fsp3) is 0.467. The minimum atomic E-state index is -4.56. The molecule has 0 aliphatic heterocycles. The lowest BCUT2D eigenvalue weighted by Crippen LogP contribution is -2.27. The molecule has 0 aromatic carbocycles. The highest BCUT2D eigenvalue weighted by atomic mass is 32.2. The van der Waals surface area contributed by atoms with Crippen molar-refractivity contribution in [3.05, 3.63) is 39.5 Å². The van der Waals surface area contributed by atoms with E-state index in [0.29, 0.717) is 17.3 Å². The Morgan fingerprint density at radius 3 is 2.56 bits per heavy atom. The van der Waals surface area contributed by atoms with E-state index >= 15 is 0 Å². The number of sulfonamides is 1. The first kappa shape index (κ1) is 18.3. The minimum Gasteiger partial charge on any atom is -0.244 e. The van der Waals surface area contributed by atoms with Crippen molar-refractivity contribution in [2.75, 3.05) is 0 Å². The molecule has 0 radical (unpaired) electrons. The Morgan fingerprint density at radius 2 is 1.96 bits per heavy atom. The van der Waals surface area contributed by atoms with Gasteiger partial charge in [0.25, 0.3) is 10.0 Å². The van der Waals surface area contributed by atoms with Gasteiger partial charge in [-0.3, -0.25) is 0 Å². The van der Waals surface area contributed by atoms with Crippen LogP contribution in [0, 0.1) is 0 Å². The molecule has 1 atom stereocenters. The van der Waals surface area contributed by atoms with Crippen molar-refractivity contribution >= 4 is 21.4 Å². The molecule has 1 N–H and O–H groups in total. The van der Waals surface area contributed by atoms with E-state index in [9.17, 15) is 21.6 Å². The molecule has 0 spiro atoms. The number of fused-ring (bicyclic) bond motifs is 1. The fourth-order valence-corrected chi connectivity index (χ4v) is 4.97. The van der Waals surface area contributed by atoms with Gasteiger partial charge in [-0.2, -0.15) is 13.2 Å². The van der Waals surface area contributed by atoms with Gasteiger partial charge >= 0.3 is 6.18 Å². The predicted octanol–water partition coefficient (Wildman–Crippen LogP) is 3.48. The minimum absolute atomic E-state index is 0.450. The maximum Gasteiger partial charge on any atom is 0.417 e. The van der Waals surface area contributed by atoms with E-state index < -0.39 is 32.8 Å². The highest BCUT2D eigenvalue weighted by Crippen LogP contribution is 2.31. The average Bonchev–Trinajstić information content (AvgIpc) is 2.98. The topological polar surface area (TPSA) is 72.0 Å². The van der Waals surface area contributed by atoms with Crippen LogP contribution in [-0.4, -0.2) is 18.4 Å². The van der Waals surface area contributed by atoms with Crippen LogP contribution in [0.15, 0.2) is 23.4 Å². The predicted molar refractivity (Wildman–Crippen MR) is 86.7 cm³/mol. The molecule has 136 valence electrons. The Labute approximate surface area is 147 Å². The summed E-state index contributed by atoms with van der Waals surface area (Å²) in [6.45, 7) is 1.66. The number of rotatable bonds is 4. The Bertz CT molecular complexity index is 838. The monoisotopic (exact) mass is 391 g/mol. The maximum atomic E-state index is 12.5. The quantitative estimate of drug-likeness (QED) is 0.866. The number of hydrogen-bond acceptors (Lipinski definition) is 5. The molecule has 1 aliphatic carbocycles. The molecule has 2 heterocycles. The van der Waals surface area contributed by atoms with Gasteiger partial charge in [-0.1, -0.05) is 0 Å². The van der Waals surface area contributed by atoms with Crippen LogP contribution in [0.5, 0.6) is 0 Å². The van der Waals surface area contributed by atoms with Crippen molar-refractivity contribution in [1.29, 1.82) is 0 Å². The van der Waals surface area contributed by atoms with E-state index in [2.05, 4.69) is 14.7 Å². The van der Waals surface area contributed by atoms with E-state index in [-0.39, 0.29) is 0 Å². The summed E-state index contributed by atoms with van der Waals surface area (Å²) in [6, 6.07) is 0.976. The maximum absolute atomic E-state index is 12.5. The summed E-state index contributed by atoms with van der Waals surface area (Å²) in [5.74, 6) is 0. The summed E-state index contributed by atoms with van der Waals surface area (Å²) in [4.78, 5) is 9.12. The second-order valence-corrected chi connectivity index (χ2v) is 8.63. The van der Waals surface area contributed by atoms with Crippen molar-refractivity contribution in [1.82, 2.24) is 14.7 Å². The van der Waals surface area contributed by atoms with E-state index in [1.54, 1.807) is 6.92 Å². The van der Waals surface area contributed by atoms with Gasteiger partial charge in [-0.05, 0) is 44.7 Å². The van der Waals surface area contributed by atoms with Gasteiger partial charge in [0.2, 0.25) is 0 Å². The molecule has 3 rings (SSSR count). The van der Waals surface area contributed by atoms with Crippen molar-refractivity contribution in [2.45, 2.75) is 49.9 Å². The molecule has 0 amide bonds. The molecule has 10 heteroatoms. The van der Waals surface area contributed by atoms with Crippen molar-refractivity contribution < 1.29 is 21.6 Å². The zero-order valence-corrected chi connectivity index (χ0v) is 14.9. The van der Waals surface area contributed by atoms with Crippen LogP contribution in [-0.2, 0) is 29.0 Å². The summed E-state index contributed by atoms with van der Waals surface area (Å²) in [7, 11) is -4.03. The van der Waals surface area contributed by atoms with Gasteiger partial charge in [0, 0.05) is 11.1 Å². The second kappa shape index (κ2) is 6.65. The fourth-order valence-electron chi connectivity index (χ4n) is 2.61. The lowest BCUT2D eigenvalue weighted by molar-refractivity contribution is -0.137. The van der Waals surface area contributed by atoms with Crippen LogP contribution in [0.1, 0.15) is 46.9 Å². The molecule has 1 unspecified atom stereocenters. The lowest BCUT2D eigenvalue weighted by atomic mass is 10.0.